The van der Waals surface area contributed by atoms with Crippen LogP contribution in [0.4, 0.5) is 0 Å². The first-order valence-corrected chi connectivity index (χ1v) is 9.21. The van der Waals surface area contributed by atoms with Gasteiger partial charge in [0.1, 0.15) is 5.75 Å². The van der Waals surface area contributed by atoms with Gasteiger partial charge in [-0.3, -0.25) is 4.79 Å². The normalized spacial score (nSPS) is 10.6. The minimum Gasteiger partial charge on any atom is -0.494 e. The first kappa shape index (κ1) is 18.5. The smallest absolute Gasteiger partial charge is 0.254 e. The molecule has 130 valence electrons. The van der Waals surface area contributed by atoms with E-state index in [1.165, 1.54) is 0 Å². The van der Waals surface area contributed by atoms with Crippen molar-refractivity contribution in [1.82, 2.24) is 4.90 Å². The molecule has 5 heteroatoms. The second kappa shape index (κ2) is 10.1. The molecule has 0 atom stereocenters. The molecule has 0 bridgehead atoms. The number of benzene rings is 1. The van der Waals surface area contributed by atoms with E-state index in [0.717, 1.165) is 24.2 Å². The minimum atomic E-state index is 0.0124. The van der Waals surface area contributed by atoms with E-state index in [2.05, 4.69) is 12.3 Å². The molecular formula is C19H25NO3S. The summed E-state index contributed by atoms with van der Waals surface area (Å²) in [5.74, 6) is 0.819. The number of carbonyl (C=O) groups excluding carboxylic acids is 1. The van der Waals surface area contributed by atoms with Gasteiger partial charge >= 0.3 is 0 Å². The van der Waals surface area contributed by atoms with Gasteiger partial charge in [-0.2, -0.15) is 11.3 Å². The van der Waals surface area contributed by atoms with E-state index in [0.29, 0.717) is 31.9 Å². The molecule has 1 heterocycles. The van der Waals surface area contributed by atoms with Crippen LogP contribution in [-0.4, -0.2) is 37.7 Å². The summed E-state index contributed by atoms with van der Waals surface area (Å²) in [6, 6.07) is 9.43. The number of ether oxygens (including phenoxy) is 2. The molecule has 0 N–H and O–H groups in total. The van der Waals surface area contributed by atoms with E-state index >= 15 is 0 Å². The standard InChI is InChI=1S/C19H25NO3S/c1-3-4-11-23-18-7-5-17(6-8-18)19(21)20(10-12-22-2)14-16-9-13-24-15-16/h5-9,13,15H,3-4,10-12,14H2,1-2H3. The maximum atomic E-state index is 12.8. The predicted molar refractivity (Wildman–Crippen MR) is 97.8 cm³/mol. The molecule has 0 radical (unpaired) electrons. The fourth-order valence-corrected chi connectivity index (χ4v) is 2.93. The van der Waals surface area contributed by atoms with E-state index < -0.39 is 0 Å². The molecule has 1 aromatic carbocycles. The Kier molecular flexibility index (Phi) is 7.79. The van der Waals surface area contributed by atoms with Crippen molar-refractivity contribution in [2.24, 2.45) is 0 Å². The lowest BCUT2D eigenvalue weighted by Gasteiger charge is -2.22. The van der Waals surface area contributed by atoms with E-state index in [4.69, 9.17) is 9.47 Å². The van der Waals surface area contributed by atoms with Crippen LogP contribution in [0.3, 0.4) is 0 Å². The quantitative estimate of drug-likeness (QED) is 0.604. The molecule has 0 saturated carbocycles. The van der Waals surface area contributed by atoms with Gasteiger partial charge in [0.15, 0.2) is 0 Å². The van der Waals surface area contributed by atoms with Crippen molar-refractivity contribution in [1.29, 1.82) is 0 Å². The van der Waals surface area contributed by atoms with Gasteiger partial charge in [0.05, 0.1) is 13.2 Å². The summed E-state index contributed by atoms with van der Waals surface area (Å²) < 4.78 is 10.8. The van der Waals surface area contributed by atoms with Crippen molar-refractivity contribution in [2.75, 3.05) is 26.9 Å². The largest absolute Gasteiger partial charge is 0.494 e. The van der Waals surface area contributed by atoms with Crippen molar-refractivity contribution in [3.63, 3.8) is 0 Å². The molecule has 0 spiro atoms. The fraction of sp³-hybridized carbons (Fsp3) is 0.421. The second-order valence-electron chi connectivity index (χ2n) is 5.58. The zero-order valence-corrected chi connectivity index (χ0v) is 15.2. The van der Waals surface area contributed by atoms with Crippen molar-refractivity contribution in [3.05, 3.63) is 52.2 Å². The molecule has 0 aliphatic carbocycles. The molecule has 2 aromatic rings. The lowest BCUT2D eigenvalue weighted by Crippen LogP contribution is -2.33. The van der Waals surface area contributed by atoms with Gasteiger partial charge < -0.3 is 14.4 Å². The number of unbranched alkanes of at least 4 members (excludes halogenated alkanes) is 1. The molecule has 24 heavy (non-hydrogen) atoms. The molecule has 2 rings (SSSR count). The third-order valence-electron chi connectivity index (χ3n) is 3.67. The highest BCUT2D eigenvalue weighted by Gasteiger charge is 2.16. The van der Waals surface area contributed by atoms with Gasteiger partial charge in [-0.15, -0.1) is 0 Å². The van der Waals surface area contributed by atoms with Crippen LogP contribution >= 0.6 is 11.3 Å². The van der Waals surface area contributed by atoms with Crippen LogP contribution in [0.2, 0.25) is 0 Å². The highest BCUT2D eigenvalue weighted by Crippen LogP contribution is 2.16. The summed E-state index contributed by atoms with van der Waals surface area (Å²) >= 11 is 1.64. The van der Waals surface area contributed by atoms with Gasteiger partial charge in [-0.25, -0.2) is 0 Å². The maximum Gasteiger partial charge on any atom is 0.254 e. The van der Waals surface area contributed by atoms with Gasteiger partial charge in [-0.1, -0.05) is 13.3 Å². The van der Waals surface area contributed by atoms with Crippen LogP contribution < -0.4 is 4.74 Å². The van der Waals surface area contributed by atoms with Crippen LogP contribution in [-0.2, 0) is 11.3 Å². The summed E-state index contributed by atoms with van der Waals surface area (Å²) in [6.07, 6.45) is 2.14. The Balaban J connectivity index is 2.01. The lowest BCUT2D eigenvalue weighted by atomic mass is 10.1. The number of amides is 1. The van der Waals surface area contributed by atoms with E-state index in [1.807, 2.05) is 40.6 Å². The monoisotopic (exact) mass is 347 g/mol. The number of hydrogen-bond acceptors (Lipinski definition) is 4. The Labute approximate surface area is 148 Å². The average Bonchev–Trinajstić information content (AvgIpc) is 3.12. The third kappa shape index (κ3) is 5.65. The topological polar surface area (TPSA) is 38.8 Å². The number of nitrogens with zero attached hydrogens (tertiary/aromatic N) is 1. The van der Waals surface area contributed by atoms with Crippen LogP contribution in [0.15, 0.2) is 41.1 Å². The molecule has 0 saturated heterocycles. The van der Waals surface area contributed by atoms with Crippen molar-refractivity contribution < 1.29 is 14.3 Å². The Bertz CT molecular complexity index is 596. The summed E-state index contributed by atoms with van der Waals surface area (Å²) in [4.78, 5) is 14.6. The summed E-state index contributed by atoms with van der Waals surface area (Å²) in [6.45, 7) is 4.53. The average molecular weight is 347 g/mol. The zero-order chi connectivity index (χ0) is 17.2. The van der Waals surface area contributed by atoms with E-state index in [9.17, 15) is 4.79 Å². The highest BCUT2D eigenvalue weighted by atomic mass is 32.1. The Morgan fingerprint density at radius 3 is 2.58 bits per heavy atom. The highest BCUT2D eigenvalue weighted by molar-refractivity contribution is 7.07. The van der Waals surface area contributed by atoms with Crippen LogP contribution in [0.1, 0.15) is 35.7 Å². The first-order valence-electron chi connectivity index (χ1n) is 8.26. The van der Waals surface area contributed by atoms with Crippen LogP contribution in [0, 0.1) is 0 Å². The molecule has 1 aromatic heterocycles. The lowest BCUT2D eigenvalue weighted by molar-refractivity contribution is 0.0680. The third-order valence-corrected chi connectivity index (χ3v) is 4.41. The van der Waals surface area contributed by atoms with Gasteiger partial charge in [0.2, 0.25) is 0 Å². The summed E-state index contributed by atoms with van der Waals surface area (Å²) in [5.41, 5.74) is 1.81. The Morgan fingerprint density at radius 1 is 1.17 bits per heavy atom. The van der Waals surface area contributed by atoms with Crippen LogP contribution in [0.25, 0.3) is 0 Å². The van der Waals surface area contributed by atoms with Crippen LogP contribution in [0.5, 0.6) is 5.75 Å². The summed E-state index contributed by atoms with van der Waals surface area (Å²) in [5, 5.41) is 4.09. The molecular weight excluding hydrogens is 322 g/mol. The molecule has 0 aliphatic heterocycles. The van der Waals surface area contributed by atoms with Crippen molar-refractivity contribution in [3.8, 4) is 5.75 Å². The Hall–Kier alpha value is -1.85. The minimum absolute atomic E-state index is 0.0124. The fourth-order valence-electron chi connectivity index (χ4n) is 2.27. The van der Waals surface area contributed by atoms with Gasteiger partial charge in [-0.05, 0) is 53.1 Å². The number of carbonyl (C=O) groups is 1. The second-order valence-corrected chi connectivity index (χ2v) is 6.36. The molecule has 0 aliphatic rings. The first-order chi connectivity index (χ1) is 11.7. The summed E-state index contributed by atoms with van der Waals surface area (Å²) in [7, 11) is 1.65. The van der Waals surface area contributed by atoms with Crippen molar-refractivity contribution >= 4 is 17.2 Å². The Morgan fingerprint density at radius 2 is 1.96 bits per heavy atom. The number of methoxy groups -OCH3 is 1. The molecule has 4 nitrogen and oxygen atoms in total. The van der Waals surface area contributed by atoms with E-state index in [-0.39, 0.29) is 5.91 Å². The predicted octanol–water partition coefficient (Wildman–Crippen LogP) is 4.22. The number of hydrogen-bond donors (Lipinski definition) is 0. The zero-order valence-electron chi connectivity index (χ0n) is 14.4. The molecule has 0 unspecified atom stereocenters. The number of rotatable bonds is 10. The molecule has 0 fully saturated rings. The van der Waals surface area contributed by atoms with Gasteiger partial charge in [0, 0.05) is 25.8 Å². The number of thiophene rings is 1. The SMILES string of the molecule is CCCCOc1ccc(C(=O)N(CCOC)Cc2ccsc2)cc1. The van der Waals surface area contributed by atoms with E-state index in [1.54, 1.807) is 18.4 Å². The maximum absolute atomic E-state index is 12.8. The van der Waals surface area contributed by atoms with Gasteiger partial charge in [0.25, 0.3) is 5.91 Å². The molecule has 1 amide bonds. The van der Waals surface area contributed by atoms with Crippen molar-refractivity contribution in [2.45, 2.75) is 26.3 Å².